The third-order valence-corrected chi connectivity index (χ3v) is 3.51. The van der Waals surface area contributed by atoms with Crippen LogP contribution in [0.25, 0.3) is 0 Å². The van der Waals surface area contributed by atoms with Gasteiger partial charge >= 0.3 is 6.18 Å². The smallest absolute Gasteiger partial charge is 0.352 e. The van der Waals surface area contributed by atoms with Crippen LogP contribution in [0.2, 0.25) is 0 Å². The molecular formula is C12H19F3N2O. The van der Waals surface area contributed by atoms with Crippen molar-refractivity contribution in [2.75, 3.05) is 19.6 Å². The molecule has 3 nitrogen and oxygen atoms in total. The molecule has 1 heterocycles. The number of rotatable bonds is 4. The first-order chi connectivity index (χ1) is 8.44. The van der Waals surface area contributed by atoms with Crippen molar-refractivity contribution in [3.8, 4) is 0 Å². The zero-order valence-electron chi connectivity index (χ0n) is 10.3. The first-order valence-electron chi connectivity index (χ1n) is 6.53. The van der Waals surface area contributed by atoms with Gasteiger partial charge < -0.3 is 10.2 Å². The molecule has 2 fully saturated rings. The van der Waals surface area contributed by atoms with Gasteiger partial charge in [-0.1, -0.05) is 0 Å². The van der Waals surface area contributed by atoms with Crippen LogP contribution in [0.3, 0.4) is 0 Å². The van der Waals surface area contributed by atoms with E-state index in [1.54, 1.807) is 4.90 Å². The van der Waals surface area contributed by atoms with Crippen molar-refractivity contribution >= 4 is 5.91 Å². The SMILES string of the molecule is O=C(NC1CCCN(CCC(F)(F)F)C1)C1CC1. The zero-order chi connectivity index (χ0) is 13.2. The van der Waals surface area contributed by atoms with E-state index in [0.717, 1.165) is 25.7 Å². The van der Waals surface area contributed by atoms with Crippen LogP contribution in [0.15, 0.2) is 0 Å². The van der Waals surface area contributed by atoms with Gasteiger partial charge in [0.25, 0.3) is 0 Å². The van der Waals surface area contributed by atoms with Gasteiger partial charge in [0.15, 0.2) is 0 Å². The van der Waals surface area contributed by atoms with Crippen molar-refractivity contribution in [1.82, 2.24) is 10.2 Å². The molecule has 1 N–H and O–H groups in total. The molecule has 1 unspecified atom stereocenters. The molecule has 1 aliphatic carbocycles. The van der Waals surface area contributed by atoms with E-state index in [-0.39, 0.29) is 24.4 Å². The fourth-order valence-corrected chi connectivity index (χ4v) is 2.33. The topological polar surface area (TPSA) is 32.3 Å². The molecule has 1 saturated heterocycles. The molecule has 2 aliphatic rings. The fraction of sp³-hybridized carbons (Fsp3) is 0.917. The summed E-state index contributed by atoms with van der Waals surface area (Å²) in [5.74, 6) is 0.244. The summed E-state index contributed by atoms with van der Waals surface area (Å²) in [6.07, 6.45) is -1.22. The van der Waals surface area contributed by atoms with E-state index in [2.05, 4.69) is 5.32 Å². The number of carbonyl (C=O) groups excluding carboxylic acids is 1. The number of nitrogens with one attached hydrogen (secondary N) is 1. The van der Waals surface area contributed by atoms with Gasteiger partial charge in [-0.3, -0.25) is 4.79 Å². The highest BCUT2D eigenvalue weighted by Crippen LogP contribution is 2.29. The monoisotopic (exact) mass is 264 g/mol. The number of piperidine rings is 1. The van der Waals surface area contributed by atoms with Crippen LogP contribution in [0.1, 0.15) is 32.1 Å². The lowest BCUT2D eigenvalue weighted by Crippen LogP contribution is -2.48. The molecule has 0 aromatic heterocycles. The Bertz CT molecular complexity index is 302. The predicted molar refractivity (Wildman–Crippen MR) is 61.0 cm³/mol. The average molecular weight is 264 g/mol. The molecule has 0 radical (unpaired) electrons. The van der Waals surface area contributed by atoms with E-state index in [1.807, 2.05) is 0 Å². The van der Waals surface area contributed by atoms with E-state index < -0.39 is 12.6 Å². The molecule has 0 aromatic rings. The summed E-state index contributed by atoms with van der Waals surface area (Å²) in [6, 6.07) is 0.0279. The van der Waals surface area contributed by atoms with Gasteiger partial charge in [0, 0.05) is 25.0 Å². The second-order valence-corrected chi connectivity index (χ2v) is 5.29. The van der Waals surface area contributed by atoms with Gasteiger partial charge in [-0.15, -0.1) is 0 Å². The van der Waals surface area contributed by atoms with Crippen LogP contribution in [-0.4, -0.2) is 42.7 Å². The first-order valence-corrected chi connectivity index (χ1v) is 6.53. The Hall–Kier alpha value is -0.780. The zero-order valence-corrected chi connectivity index (χ0v) is 10.3. The summed E-state index contributed by atoms with van der Waals surface area (Å²) >= 11 is 0. The lowest BCUT2D eigenvalue weighted by atomic mass is 10.1. The van der Waals surface area contributed by atoms with E-state index in [0.29, 0.717) is 13.1 Å². The van der Waals surface area contributed by atoms with E-state index in [1.165, 1.54) is 0 Å². The molecule has 0 bridgehead atoms. The van der Waals surface area contributed by atoms with Gasteiger partial charge in [0.2, 0.25) is 5.91 Å². The molecule has 2 rings (SSSR count). The second-order valence-electron chi connectivity index (χ2n) is 5.29. The number of hydrogen-bond donors (Lipinski definition) is 1. The maximum atomic E-state index is 12.1. The largest absolute Gasteiger partial charge is 0.390 e. The first kappa shape index (κ1) is 13.6. The molecule has 104 valence electrons. The molecule has 1 amide bonds. The lowest BCUT2D eigenvalue weighted by molar-refractivity contribution is -0.139. The standard InChI is InChI=1S/C12H19F3N2O/c13-12(14,15)5-7-17-6-1-2-10(8-17)16-11(18)9-3-4-9/h9-10H,1-8H2,(H,16,18). The minimum Gasteiger partial charge on any atom is -0.352 e. The Balaban J connectivity index is 1.72. The number of amides is 1. The third-order valence-electron chi connectivity index (χ3n) is 3.51. The fourth-order valence-electron chi connectivity index (χ4n) is 2.33. The molecule has 18 heavy (non-hydrogen) atoms. The summed E-state index contributed by atoms with van der Waals surface area (Å²) in [5, 5.41) is 2.95. The van der Waals surface area contributed by atoms with Crippen LogP contribution >= 0.6 is 0 Å². The van der Waals surface area contributed by atoms with Crippen molar-refractivity contribution in [3.05, 3.63) is 0 Å². The second kappa shape index (κ2) is 5.47. The highest BCUT2D eigenvalue weighted by atomic mass is 19.4. The van der Waals surface area contributed by atoms with Crippen molar-refractivity contribution in [1.29, 1.82) is 0 Å². The predicted octanol–water partition coefficient (Wildman–Crippen LogP) is 1.93. The number of carbonyl (C=O) groups is 1. The molecule has 1 saturated carbocycles. The van der Waals surface area contributed by atoms with E-state index >= 15 is 0 Å². The summed E-state index contributed by atoms with van der Waals surface area (Å²) in [7, 11) is 0. The Labute approximate surface area is 105 Å². The number of hydrogen-bond acceptors (Lipinski definition) is 2. The molecule has 0 spiro atoms. The van der Waals surface area contributed by atoms with Crippen LogP contribution in [-0.2, 0) is 4.79 Å². The Morgan fingerprint density at radius 3 is 2.61 bits per heavy atom. The van der Waals surface area contributed by atoms with Gasteiger partial charge in [-0.25, -0.2) is 0 Å². The number of likely N-dealkylation sites (tertiary alicyclic amines) is 1. The van der Waals surface area contributed by atoms with Crippen LogP contribution in [0.5, 0.6) is 0 Å². The maximum Gasteiger partial charge on any atom is 0.390 e. The van der Waals surface area contributed by atoms with Crippen molar-refractivity contribution < 1.29 is 18.0 Å². The van der Waals surface area contributed by atoms with Crippen LogP contribution in [0.4, 0.5) is 13.2 Å². The van der Waals surface area contributed by atoms with Crippen molar-refractivity contribution in [3.63, 3.8) is 0 Å². The van der Waals surface area contributed by atoms with Gasteiger partial charge in [0.05, 0.1) is 6.42 Å². The summed E-state index contributed by atoms with van der Waals surface area (Å²) < 4.78 is 36.4. The molecule has 0 aromatic carbocycles. The van der Waals surface area contributed by atoms with E-state index in [4.69, 9.17) is 0 Å². The average Bonchev–Trinajstić information content (AvgIpc) is 3.09. The Morgan fingerprint density at radius 1 is 1.28 bits per heavy atom. The summed E-state index contributed by atoms with van der Waals surface area (Å²) in [6.45, 7) is 1.29. The van der Waals surface area contributed by atoms with E-state index in [9.17, 15) is 18.0 Å². The quantitative estimate of drug-likeness (QED) is 0.841. The minimum absolute atomic E-state index is 0.0279. The van der Waals surface area contributed by atoms with Crippen LogP contribution in [0, 0.1) is 5.92 Å². The van der Waals surface area contributed by atoms with Gasteiger partial charge in [-0.05, 0) is 32.2 Å². The van der Waals surface area contributed by atoms with Gasteiger partial charge in [0.1, 0.15) is 0 Å². The van der Waals surface area contributed by atoms with Gasteiger partial charge in [-0.2, -0.15) is 13.2 Å². The molecule has 1 atom stereocenters. The maximum absolute atomic E-state index is 12.1. The lowest BCUT2D eigenvalue weighted by Gasteiger charge is -2.33. The molecule has 1 aliphatic heterocycles. The normalized spacial score (nSPS) is 26.1. The summed E-state index contributed by atoms with van der Waals surface area (Å²) in [4.78, 5) is 13.4. The van der Waals surface area contributed by atoms with Crippen molar-refractivity contribution in [2.45, 2.75) is 44.3 Å². The number of nitrogens with zero attached hydrogens (tertiary/aromatic N) is 1. The number of alkyl halides is 3. The Morgan fingerprint density at radius 2 is 2.00 bits per heavy atom. The molecule has 6 heteroatoms. The summed E-state index contributed by atoms with van der Waals surface area (Å²) in [5.41, 5.74) is 0. The Kier molecular flexibility index (Phi) is 4.14. The minimum atomic E-state index is -4.09. The highest BCUT2D eigenvalue weighted by molar-refractivity contribution is 5.81. The number of halogens is 3. The molecular weight excluding hydrogens is 245 g/mol. The van der Waals surface area contributed by atoms with Crippen LogP contribution < -0.4 is 5.32 Å². The third kappa shape index (κ3) is 4.48. The van der Waals surface area contributed by atoms with Crippen molar-refractivity contribution in [2.24, 2.45) is 5.92 Å². The highest BCUT2D eigenvalue weighted by Gasteiger charge is 2.33.